The van der Waals surface area contributed by atoms with Crippen LogP contribution in [0.15, 0.2) is 53.0 Å². The molecule has 0 fully saturated rings. The zero-order valence-electron chi connectivity index (χ0n) is 10.8. The maximum Gasteiger partial charge on any atom is 0.0361 e. The monoisotopic (exact) mass is 303 g/mol. The first-order valence-electron chi connectivity index (χ1n) is 6.18. The van der Waals surface area contributed by atoms with Gasteiger partial charge in [0.25, 0.3) is 0 Å². The van der Waals surface area contributed by atoms with Crippen molar-refractivity contribution in [1.29, 1.82) is 0 Å². The van der Waals surface area contributed by atoms with Gasteiger partial charge in [0.1, 0.15) is 0 Å². The van der Waals surface area contributed by atoms with E-state index in [1.807, 2.05) is 7.05 Å². The van der Waals surface area contributed by atoms with E-state index in [1.54, 1.807) is 0 Å². The van der Waals surface area contributed by atoms with Crippen LogP contribution in [0.3, 0.4) is 0 Å². The Labute approximate surface area is 117 Å². The Hall–Kier alpha value is -1.12. The smallest absolute Gasteiger partial charge is 0.0361 e. The standard InChI is InChI=1S/C16H18BrN/c1-12-14(9-6-10-15(12)17)16(18-2)11-13-7-4-3-5-8-13/h3-10,16,18H,11H2,1-2H3. The molecule has 2 rings (SSSR count). The van der Waals surface area contributed by atoms with E-state index in [1.165, 1.54) is 21.2 Å². The molecule has 18 heavy (non-hydrogen) atoms. The third-order valence-electron chi connectivity index (χ3n) is 3.32. The van der Waals surface area contributed by atoms with Gasteiger partial charge in [0, 0.05) is 10.5 Å². The Balaban J connectivity index is 2.26. The van der Waals surface area contributed by atoms with Gasteiger partial charge in [-0.3, -0.25) is 0 Å². The summed E-state index contributed by atoms with van der Waals surface area (Å²) in [5.41, 5.74) is 4.03. The summed E-state index contributed by atoms with van der Waals surface area (Å²) >= 11 is 3.60. The van der Waals surface area contributed by atoms with Crippen LogP contribution >= 0.6 is 15.9 Å². The number of rotatable bonds is 4. The molecule has 0 saturated heterocycles. The Morgan fingerprint density at radius 3 is 2.44 bits per heavy atom. The van der Waals surface area contributed by atoms with Crippen LogP contribution < -0.4 is 5.32 Å². The molecule has 2 aromatic rings. The summed E-state index contributed by atoms with van der Waals surface area (Å²) in [6.07, 6.45) is 1.01. The van der Waals surface area contributed by atoms with E-state index in [4.69, 9.17) is 0 Å². The summed E-state index contributed by atoms with van der Waals surface area (Å²) in [6, 6.07) is 17.3. The molecule has 0 aromatic heterocycles. The molecule has 1 unspecified atom stereocenters. The highest BCUT2D eigenvalue weighted by molar-refractivity contribution is 9.10. The SMILES string of the molecule is CNC(Cc1ccccc1)c1cccc(Br)c1C. The van der Waals surface area contributed by atoms with Gasteiger partial charge >= 0.3 is 0 Å². The highest BCUT2D eigenvalue weighted by Crippen LogP contribution is 2.26. The van der Waals surface area contributed by atoms with Crippen molar-refractivity contribution in [2.45, 2.75) is 19.4 Å². The Morgan fingerprint density at radius 1 is 1.06 bits per heavy atom. The van der Waals surface area contributed by atoms with Crippen molar-refractivity contribution in [2.24, 2.45) is 0 Å². The van der Waals surface area contributed by atoms with Crippen molar-refractivity contribution in [3.63, 3.8) is 0 Å². The van der Waals surface area contributed by atoms with Gasteiger partial charge in [-0.2, -0.15) is 0 Å². The number of hydrogen-bond donors (Lipinski definition) is 1. The summed E-state index contributed by atoms with van der Waals surface area (Å²) in [5, 5.41) is 3.41. The number of likely N-dealkylation sites (N-methyl/N-ethyl adjacent to an activating group) is 1. The second-order valence-electron chi connectivity index (χ2n) is 4.49. The first kappa shape index (κ1) is 13.3. The van der Waals surface area contributed by atoms with Gasteiger partial charge in [-0.1, -0.05) is 58.4 Å². The average Bonchev–Trinajstić information content (AvgIpc) is 2.41. The van der Waals surface area contributed by atoms with Gasteiger partial charge < -0.3 is 5.32 Å². The second-order valence-corrected chi connectivity index (χ2v) is 5.34. The van der Waals surface area contributed by atoms with Crippen LogP contribution in [0.4, 0.5) is 0 Å². The van der Waals surface area contributed by atoms with E-state index in [2.05, 4.69) is 76.7 Å². The van der Waals surface area contributed by atoms with E-state index in [9.17, 15) is 0 Å². The summed E-state index contributed by atoms with van der Waals surface area (Å²) in [7, 11) is 2.02. The van der Waals surface area contributed by atoms with E-state index >= 15 is 0 Å². The van der Waals surface area contributed by atoms with E-state index < -0.39 is 0 Å². The minimum atomic E-state index is 0.352. The summed E-state index contributed by atoms with van der Waals surface area (Å²) < 4.78 is 1.17. The minimum Gasteiger partial charge on any atom is -0.313 e. The normalized spacial score (nSPS) is 12.4. The molecule has 2 heteroatoms. The van der Waals surface area contributed by atoms with Crippen LogP contribution in [0.1, 0.15) is 22.7 Å². The number of nitrogens with one attached hydrogen (secondary N) is 1. The van der Waals surface area contributed by atoms with E-state index in [0.717, 1.165) is 6.42 Å². The molecule has 0 heterocycles. The van der Waals surface area contributed by atoms with Crippen LogP contribution in [-0.2, 0) is 6.42 Å². The van der Waals surface area contributed by atoms with Crippen molar-refractivity contribution >= 4 is 15.9 Å². The van der Waals surface area contributed by atoms with Gasteiger partial charge in [0.05, 0.1) is 0 Å². The third kappa shape index (κ3) is 3.01. The highest BCUT2D eigenvalue weighted by atomic mass is 79.9. The van der Waals surface area contributed by atoms with Gasteiger partial charge in [0.2, 0.25) is 0 Å². The summed E-state index contributed by atoms with van der Waals surface area (Å²) in [5.74, 6) is 0. The number of halogens is 1. The molecule has 0 radical (unpaired) electrons. The fourth-order valence-electron chi connectivity index (χ4n) is 2.22. The number of benzene rings is 2. The fraction of sp³-hybridized carbons (Fsp3) is 0.250. The Kier molecular flexibility index (Phi) is 4.56. The molecule has 94 valence electrons. The van der Waals surface area contributed by atoms with E-state index in [-0.39, 0.29) is 0 Å². The third-order valence-corrected chi connectivity index (χ3v) is 4.18. The molecule has 0 amide bonds. The lowest BCUT2D eigenvalue weighted by molar-refractivity contribution is 0.588. The zero-order chi connectivity index (χ0) is 13.0. The summed E-state index contributed by atoms with van der Waals surface area (Å²) in [6.45, 7) is 2.16. The van der Waals surface area contributed by atoms with Crippen LogP contribution in [-0.4, -0.2) is 7.05 Å². The van der Waals surface area contributed by atoms with Crippen LogP contribution in [0.2, 0.25) is 0 Å². The van der Waals surface area contributed by atoms with Crippen LogP contribution in [0, 0.1) is 6.92 Å². The molecule has 0 aliphatic heterocycles. The van der Waals surface area contributed by atoms with Crippen molar-refractivity contribution in [3.8, 4) is 0 Å². The van der Waals surface area contributed by atoms with Crippen molar-refractivity contribution in [2.75, 3.05) is 7.05 Å². The van der Waals surface area contributed by atoms with Crippen molar-refractivity contribution in [1.82, 2.24) is 5.32 Å². The Bertz CT molecular complexity index is 508. The zero-order valence-corrected chi connectivity index (χ0v) is 12.4. The highest BCUT2D eigenvalue weighted by Gasteiger charge is 2.13. The quantitative estimate of drug-likeness (QED) is 0.890. The van der Waals surface area contributed by atoms with Crippen LogP contribution in [0.5, 0.6) is 0 Å². The lowest BCUT2D eigenvalue weighted by Gasteiger charge is -2.19. The number of hydrogen-bond acceptors (Lipinski definition) is 1. The molecular formula is C16H18BrN. The predicted molar refractivity (Wildman–Crippen MR) is 80.8 cm³/mol. The maximum absolute atomic E-state index is 3.60. The molecule has 0 saturated carbocycles. The molecule has 1 nitrogen and oxygen atoms in total. The van der Waals surface area contributed by atoms with Gasteiger partial charge in [0.15, 0.2) is 0 Å². The van der Waals surface area contributed by atoms with Crippen molar-refractivity contribution in [3.05, 3.63) is 69.7 Å². The molecule has 0 aliphatic rings. The fourth-order valence-corrected chi connectivity index (χ4v) is 2.60. The van der Waals surface area contributed by atoms with Gasteiger partial charge in [-0.25, -0.2) is 0 Å². The average molecular weight is 304 g/mol. The lowest BCUT2D eigenvalue weighted by Crippen LogP contribution is -2.19. The molecular weight excluding hydrogens is 286 g/mol. The lowest BCUT2D eigenvalue weighted by atomic mass is 9.95. The second kappa shape index (κ2) is 6.17. The predicted octanol–water partition coefficient (Wildman–Crippen LogP) is 4.26. The van der Waals surface area contributed by atoms with Gasteiger partial charge in [-0.15, -0.1) is 0 Å². The van der Waals surface area contributed by atoms with Crippen LogP contribution in [0.25, 0.3) is 0 Å². The topological polar surface area (TPSA) is 12.0 Å². The summed E-state index contributed by atoms with van der Waals surface area (Å²) in [4.78, 5) is 0. The molecule has 1 atom stereocenters. The first-order chi connectivity index (χ1) is 8.72. The molecule has 0 aliphatic carbocycles. The molecule has 0 spiro atoms. The maximum atomic E-state index is 3.60. The Morgan fingerprint density at radius 2 is 1.78 bits per heavy atom. The van der Waals surface area contributed by atoms with E-state index in [0.29, 0.717) is 6.04 Å². The molecule has 1 N–H and O–H groups in total. The largest absolute Gasteiger partial charge is 0.313 e. The first-order valence-corrected chi connectivity index (χ1v) is 6.98. The molecule has 0 bridgehead atoms. The van der Waals surface area contributed by atoms with Gasteiger partial charge in [-0.05, 0) is 43.1 Å². The van der Waals surface area contributed by atoms with Crippen molar-refractivity contribution < 1.29 is 0 Å². The molecule has 2 aromatic carbocycles. The minimum absolute atomic E-state index is 0.352.